The fourth-order valence-corrected chi connectivity index (χ4v) is 2.02. The van der Waals surface area contributed by atoms with Crippen molar-refractivity contribution in [3.8, 4) is 11.5 Å². The maximum atomic E-state index is 11.8. The first-order valence-corrected chi connectivity index (χ1v) is 6.56. The van der Waals surface area contributed by atoms with E-state index in [1.165, 1.54) is 0 Å². The van der Waals surface area contributed by atoms with Gasteiger partial charge >= 0.3 is 0 Å². The highest BCUT2D eigenvalue weighted by Gasteiger charge is 2.07. The summed E-state index contributed by atoms with van der Waals surface area (Å²) in [5.41, 5.74) is 1.55. The van der Waals surface area contributed by atoms with Gasteiger partial charge in [-0.15, -0.1) is 0 Å². The summed E-state index contributed by atoms with van der Waals surface area (Å²) in [5.74, 6) is 1.39. The molecule has 3 aromatic rings. The fraction of sp³-hybridized carbons (Fsp3) is 0.0588. The number of H-pyrrole nitrogens is 1. The van der Waals surface area contributed by atoms with Crippen LogP contribution in [0.4, 0.5) is 0 Å². The molecule has 0 unspecified atom stereocenters. The zero-order chi connectivity index (χ0) is 14.5. The number of rotatable bonds is 4. The quantitative estimate of drug-likeness (QED) is 0.797. The summed E-state index contributed by atoms with van der Waals surface area (Å²) < 4.78 is 5.84. The monoisotopic (exact) mass is 277 g/mol. The van der Waals surface area contributed by atoms with Gasteiger partial charge in [-0.2, -0.15) is 0 Å². The van der Waals surface area contributed by atoms with E-state index >= 15 is 0 Å². The molecule has 21 heavy (non-hydrogen) atoms. The minimum Gasteiger partial charge on any atom is -0.457 e. The minimum absolute atomic E-state index is 0.0832. The van der Waals surface area contributed by atoms with Gasteiger partial charge in [0.2, 0.25) is 0 Å². The van der Waals surface area contributed by atoms with Crippen LogP contribution in [-0.2, 0) is 6.42 Å². The van der Waals surface area contributed by atoms with Crippen LogP contribution in [0.3, 0.4) is 0 Å². The molecule has 4 nitrogen and oxygen atoms in total. The van der Waals surface area contributed by atoms with Gasteiger partial charge in [-0.1, -0.05) is 18.2 Å². The number of aromatic amines is 1. The summed E-state index contributed by atoms with van der Waals surface area (Å²) in [7, 11) is 0. The van der Waals surface area contributed by atoms with Gasteiger partial charge in [-0.3, -0.25) is 9.78 Å². The van der Waals surface area contributed by atoms with Crippen molar-refractivity contribution < 1.29 is 4.74 Å². The molecule has 0 amide bonds. The van der Waals surface area contributed by atoms with Crippen molar-refractivity contribution in [3.05, 3.63) is 88.6 Å². The zero-order valence-electron chi connectivity index (χ0n) is 11.2. The largest absolute Gasteiger partial charge is 0.457 e. The van der Waals surface area contributed by atoms with Crippen molar-refractivity contribution >= 4 is 0 Å². The molecule has 0 fully saturated rings. The Hall–Kier alpha value is -2.88. The lowest BCUT2D eigenvalue weighted by molar-refractivity contribution is 0.476. The first kappa shape index (κ1) is 13.1. The van der Waals surface area contributed by atoms with Gasteiger partial charge < -0.3 is 9.72 Å². The standard InChI is InChI=1S/C17H13N2O2/c20-17-14(5-3-9-19-17)12-13-4-1-2-6-16(13)21-15-7-10-18-11-8-15/h1,3-11H,12H2,(H,19,20). The van der Waals surface area contributed by atoms with E-state index in [9.17, 15) is 4.79 Å². The molecular weight excluding hydrogens is 264 g/mol. The molecule has 1 radical (unpaired) electrons. The second kappa shape index (κ2) is 6.05. The molecule has 3 rings (SSSR count). The lowest BCUT2D eigenvalue weighted by atomic mass is 10.1. The third kappa shape index (κ3) is 3.17. The normalized spacial score (nSPS) is 10.3. The Balaban J connectivity index is 1.90. The fourth-order valence-electron chi connectivity index (χ4n) is 2.02. The molecule has 103 valence electrons. The molecule has 2 heterocycles. The maximum absolute atomic E-state index is 11.8. The average molecular weight is 277 g/mol. The molecule has 1 N–H and O–H groups in total. The Labute approximate surface area is 122 Å². The number of aromatic nitrogens is 2. The van der Waals surface area contributed by atoms with E-state index in [0.717, 1.165) is 5.56 Å². The lowest BCUT2D eigenvalue weighted by Crippen LogP contribution is -2.11. The van der Waals surface area contributed by atoms with Crippen LogP contribution in [0, 0.1) is 6.07 Å². The van der Waals surface area contributed by atoms with E-state index in [-0.39, 0.29) is 5.56 Å². The molecule has 2 aromatic heterocycles. The second-order valence-electron chi connectivity index (χ2n) is 4.52. The van der Waals surface area contributed by atoms with Crippen molar-refractivity contribution in [1.82, 2.24) is 9.97 Å². The first-order valence-electron chi connectivity index (χ1n) is 6.56. The number of hydrogen-bond acceptors (Lipinski definition) is 3. The van der Waals surface area contributed by atoms with Crippen LogP contribution in [-0.4, -0.2) is 9.97 Å². The molecule has 0 aliphatic heterocycles. The highest BCUT2D eigenvalue weighted by Crippen LogP contribution is 2.25. The summed E-state index contributed by atoms with van der Waals surface area (Å²) >= 11 is 0. The molecule has 0 aliphatic carbocycles. The third-order valence-electron chi connectivity index (χ3n) is 3.07. The highest BCUT2D eigenvalue weighted by atomic mass is 16.5. The number of nitrogens with one attached hydrogen (secondary N) is 1. The highest BCUT2D eigenvalue weighted by molar-refractivity contribution is 5.39. The van der Waals surface area contributed by atoms with Crippen molar-refractivity contribution in [2.75, 3.05) is 0 Å². The van der Waals surface area contributed by atoms with Crippen LogP contribution < -0.4 is 10.3 Å². The summed E-state index contributed by atoms with van der Waals surface area (Å²) in [5, 5.41) is 0. The Bertz CT molecular complexity index is 782. The van der Waals surface area contributed by atoms with Crippen molar-refractivity contribution in [2.24, 2.45) is 0 Å². The maximum Gasteiger partial charge on any atom is 0.251 e. The van der Waals surface area contributed by atoms with Gasteiger partial charge in [0.1, 0.15) is 11.5 Å². The number of nitrogens with zero attached hydrogens (tertiary/aromatic N) is 1. The van der Waals surface area contributed by atoms with E-state index in [0.29, 0.717) is 23.5 Å². The van der Waals surface area contributed by atoms with Gasteiger partial charge in [0.25, 0.3) is 5.56 Å². The topological polar surface area (TPSA) is 55.0 Å². The van der Waals surface area contributed by atoms with Gasteiger partial charge in [0.05, 0.1) is 0 Å². The molecular formula is C17H13N2O2. The molecule has 1 aromatic carbocycles. The Morgan fingerprint density at radius 3 is 2.81 bits per heavy atom. The van der Waals surface area contributed by atoms with Gasteiger partial charge in [0.15, 0.2) is 0 Å². The molecule has 0 aliphatic rings. The number of benzene rings is 1. The first-order chi connectivity index (χ1) is 10.3. The van der Waals surface area contributed by atoms with E-state index in [2.05, 4.69) is 16.0 Å². The number of ether oxygens (including phenoxy) is 1. The molecule has 4 heteroatoms. The van der Waals surface area contributed by atoms with Gasteiger partial charge in [0, 0.05) is 30.6 Å². The SMILES string of the molecule is O=c1[nH]cccc1Cc1cc[c]cc1Oc1ccncc1. The van der Waals surface area contributed by atoms with Crippen molar-refractivity contribution in [3.63, 3.8) is 0 Å². The van der Waals surface area contributed by atoms with E-state index in [4.69, 9.17) is 4.74 Å². The predicted molar refractivity (Wildman–Crippen MR) is 79.5 cm³/mol. The van der Waals surface area contributed by atoms with Crippen LogP contribution in [0.2, 0.25) is 0 Å². The molecule has 0 bridgehead atoms. The second-order valence-corrected chi connectivity index (χ2v) is 4.52. The van der Waals surface area contributed by atoms with Crippen LogP contribution in [0.5, 0.6) is 11.5 Å². The van der Waals surface area contributed by atoms with Gasteiger partial charge in [-0.05, 0) is 35.9 Å². The Kier molecular flexibility index (Phi) is 3.78. The Morgan fingerprint density at radius 1 is 1.14 bits per heavy atom. The molecule has 0 saturated heterocycles. The predicted octanol–water partition coefficient (Wildman–Crippen LogP) is 2.95. The zero-order valence-corrected chi connectivity index (χ0v) is 11.2. The summed E-state index contributed by atoms with van der Waals surface area (Å²) in [6.07, 6.45) is 5.47. The van der Waals surface area contributed by atoms with Crippen LogP contribution >= 0.6 is 0 Å². The molecule has 0 spiro atoms. The number of hydrogen-bond donors (Lipinski definition) is 1. The minimum atomic E-state index is -0.0832. The van der Waals surface area contributed by atoms with Crippen molar-refractivity contribution in [2.45, 2.75) is 6.42 Å². The summed E-state index contributed by atoms with van der Waals surface area (Å²) in [6, 6.07) is 15.7. The molecule has 0 atom stereocenters. The van der Waals surface area contributed by atoms with E-state index < -0.39 is 0 Å². The van der Waals surface area contributed by atoms with Crippen molar-refractivity contribution in [1.29, 1.82) is 0 Å². The molecule has 0 saturated carbocycles. The third-order valence-corrected chi connectivity index (χ3v) is 3.07. The smallest absolute Gasteiger partial charge is 0.251 e. The summed E-state index contributed by atoms with van der Waals surface area (Å²) in [4.78, 5) is 18.4. The van der Waals surface area contributed by atoms with E-state index in [1.807, 2.05) is 24.3 Å². The van der Waals surface area contributed by atoms with E-state index in [1.54, 1.807) is 36.8 Å². The summed E-state index contributed by atoms with van der Waals surface area (Å²) in [6.45, 7) is 0. The Morgan fingerprint density at radius 2 is 2.00 bits per heavy atom. The van der Waals surface area contributed by atoms with Crippen LogP contribution in [0.25, 0.3) is 0 Å². The lowest BCUT2D eigenvalue weighted by Gasteiger charge is -2.10. The number of pyridine rings is 2. The average Bonchev–Trinajstić information content (AvgIpc) is 2.52. The van der Waals surface area contributed by atoms with Crippen LogP contribution in [0.1, 0.15) is 11.1 Å². The van der Waals surface area contributed by atoms with Crippen LogP contribution in [0.15, 0.2) is 65.8 Å². The van der Waals surface area contributed by atoms with Gasteiger partial charge in [-0.25, -0.2) is 0 Å².